The molecule has 1 aromatic heterocycles. The fraction of sp³-hybridized carbons (Fsp3) is 0.125. The Morgan fingerprint density at radius 1 is 0.926 bits per heavy atom. The number of ketones is 1. The number of carbonyl (C=O) groups is 1. The van der Waals surface area contributed by atoms with Gasteiger partial charge in [0.1, 0.15) is 5.75 Å². The second-order valence-corrected chi connectivity index (χ2v) is 7.19. The fourth-order valence-electron chi connectivity index (χ4n) is 4.14. The van der Waals surface area contributed by atoms with E-state index >= 15 is 0 Å². The second kappa shape index (κ2) is 5.85. The van der Waals surface area contributed by atoms with Gasteiger partial charge in [0.2, 0.25) is 5.78 Å². The topological polar surface area (TPSA) is 42.2 Å². The van der Waals surface area contributed by atoms with E-state index in [1.807, 2.05) is 47.0 Å². The van der Waals surface area contributed by atoms with Crippen LogP contribution in [0.5, 0.6) is 5.75 Å². The van der Waals surface area contributed by atoms with Crippen LogP contribution in [-0.2, 0) is 12.8 Å². The van der Waals surface area contributed by atoms with Crippen LogP contribution in [0.2, 0.25) is 0 Å². The SMILES string of the molecule is Cc1ccc(-n2c3c(c4cc(O)ccc42)CCc2ccccc2C3=O)cc1. The van der Waals surface area contributed by atoms with Gasteiger partial charge in [-0.15, -0.1) is 0 Å². The van der Waals surface area contributed by atoms with E-state index in [4.69, 9.17) is 0 Å². The summed E-state index contributed by atoms with van der Waals surface area (Å²) in [6.07, 6.45) is 1.59. The number of hydrogen-bond donors (Lipinski definition) is 1. The van der Waals surface area contributed by atoms with Crippen molar-refractivity contribution in [1.29, 1.82) is 0 Å². The van der Waals surface area contributed by atoms with Gasteiger partial charge < -0.3 is 9.67 Å². The van der Waals surface area contributed by atoms with Gasteiger partial charge in [-0.25, -0.2) is 0 Å². The quantitative estimate of drug-likeness (QED) is 0.525. The molecule has 0 aliphatic heterocycles. The lowest BCUT2D eigenvalue weighted by Gasteiger charge is -2.12. The van der Waals surface area contributed by atoms with E-state index in [0.717, 1.165) is 46.1 Å². The van der Waals surface area contributed by atoms with Gasteiger partial charge in [0, 0.05) is 16.6 Å². The number of rotatable bonds is 1. The van der Waals surface area contributed by atoms with Crippen LogP contribution in [0.1, 0.15) is 32.7 Å². The number of aromatic nitrogens is 1. The monoisotopic (exact) mass is 353 g/mol. The molecule has 0 radical (unpaired) electrons. The predicted molar refractivity (Wildman–Crippen MR) is 107 cm³/mol. The second-order valence-electron chi connectivity index (χ2n) is 7.19. The van der Waals surface area contributed by atoms with Crippen LogP contribution < -0.4 is 0 Å². The number of aromatic hydroxyl groups is 1. The van der Waals surface area contributed by atoms with E-state index in [0.29, 0.717) is 5.69 Å². The summed E-state index contributed by atoms with van der Waals surface area (Å²) in [7, 11) is 0. The minimum atomic E-state index is 0.0503. The van der Waals surface area contributed by atoms with Gasteiger partial charge in [-0.3, -0.25) is 4.79 Å². The van der Waals surface area contributed by atoms with Crippen molar-refractivity contribution in [2.75, 3.05) is 0 Å². The van der Waals surface area contributed by atoms with Crippen LogP contribution in [-0.4, -0.2) is 15.5 Å². The molecule has 0 atom stereocenters. The summed E-state index contributed by atoms with van der Waals surface area (Å²) in [4.78, 5) is 13.6. The molecule has 132 valence electrons. The Morgan fingerprint density at radius 3 is 2.52 bits per heavy atom. The van der Waals surface area contributed by atoms with Crippen molar-refractivity contribution in [2.45, 2.75) is 19.8 Å². The molecule has 1 heterocycles. The Kier molecular flexibility index (Phi) is 3.44. The molecule has 4 aromatic rings. The third kappa shape index (κ3) is 2.39. The van der Waals surface area contributed by atoms with Crippen molar-refractivity contribution in [2.24, 2.45) is 0 Å². The minimum absolute atomic E-state index is 0.0503. The number of benzene rings is 3. The summed E-state index contributed by atoms with van der Waals surface area (Å²) in [5, 5.41) is 11.0. The first kappa shape index (κ1) is 15.9. The molecule has 0 spiro atoms. The van der Waals surface area contributed by atoms with Crippen LogP contribution in [0.3, 0.4) is 0 Å². The first-order valence-electron chi connectivity index (χ1n) is 9.19. The third-order valence-electron chi connectivity index (χ3n) is 5.47. The van der Waals surface area contributed by atoms with Gasteiger partial charge in [-0.05, 0) is 61.2 Å². The smallest absolute Gasteiger partial charge is 0.210 e. The van der Waals surface area contributed by atoms with E-state index < -0.39 is 0 Å². The van der Waals surface area contributed by atoms with E-state index in [2.05, 4.69) is 19.1 Å². The standard InChI is InChI=1S/C24H19NO2/c1-15-6-9-17(10-7-15)25-22-13-11-18(26)14-21(22)20-12-8-16-4-2-3-5-19(16)24(27)23(20)25/h2-7,9-11,13-14,26H,8,12H2,1H3. The molecule has 1 aliphatic rings. The molecule has 0 fully saturated rings. The Bertz CT molecular complexity index is 1200. The van der Waals surface area contributed by atoms with E-state index in [1.165, 1.54) is 5.56 Å². The number of hydrogen-bond acceptors (Lipinski definition) is 2. The van der Waals surface area contributed by atoms with Gasteiger partial charge in [-0.2, -0.15) is 0 Å². The van der Waals surface area contributed by atoms with E-state index in [-0.39, 0.29) is 11.5 Å². The van der Waals surface area contributed by atoms with Gasteiger partial charge in [0.05, 0.1) is 11.2 Å². The first-order chi connectivity index (χ1) is 13.1. The Hall–Kier alpha value is -3.33. The minimum Gasteiger partial charge on any atom is -0.508 e. The van der Waals surface area contributed by atoms with Crippen LogP contribution in [0, 0.1) is 6.92 Å². The summed E-state index contributed by atoms with van der Waals surface area (Å²) in [6.45, 7) is 2.05. The summed E-state index contributed by atoms with van der Waals surface area (Å²) in [5.74, 6) is 0.273. The molecule has 3 aromatic carbocycles. The van der Waals surface area contributed by atoms with Crippen LogP contribution in [0.4, 0.5) is 0 Å². The van der Waals surface area contributed by atoms with E-state index in [9.17, 15) is 9.90 Å². The normalized spacial score (nSPS) is 13.3. The zero-order valence-electron chi connectivity index (χ0n) is 15.1. The zero-order valence-corrected chi connectivity index (χ0v) is 15.1. The highest BCUT2D eigenvalue weighted by Gasteiger charge is 2.28. The molecule has 27 heavy (non-hydrogen) atoms. The van der Waals surface area contributed by atoms with Crippen molar-refractivity contribution >= 4 is 16.7 Å². The number of fused-ring (bicyclic) bond motifs is 4. The lowest BCUT2D eigenvalue weighted by atomic mass is 10.0. The first-order valence-corrected chi connectivity index (χ1v) is 9.19. The third-order valence-corrected chi connectivity index (χ3v) is 5.47. The molecular weight excluding hydrogens is 334 g/mol. The predicted octanol–water partition coefficient (Wildman–Crippen LogP) is 4.97. The Labute approximate surface area is 157 Å². The average molecular weight is 353 g/mol. The van der Waals surface area contributed by atoms with Crippen molar-refractivity contribution in [3.05, 3.63) is 94.7 Å². The molecular formula is C24H19NO2. The number of phenols is 1. The van der Waals surface area contributed by atoms with Gasteiger partial charge in [0.25, 0.3) is 0 Å². The molecule has 0 saturated carbocycles. The van der Waals surface area contributed by atoms with Crippen LogP contribution in [0.25, 0.3) is 16.6 Å². The molecule has 0 saturated heterocycles. The Morgan fingerprint density at radius 2 is 1.70 bits per heavy atom. The van der Waals surface area contributed by atoms with Crippen molar-refractivity contribution in [3.63, 3.8) is 0 Å². The number of carbonyl (C=O) groups excluding carboxylic acids is 1. The van der Waals surface area contributed by atoms with E-state index in [1.54, 1.807) is 12.1 Å². The molecule has 3 nitrogen and oxygen atoms in total. The van der Waals surface area contributed by atoms with Crippen molar-refractivity contribution in [1.82, 2.24) is 4.57 Å². The summed E-state index contributed by atoms with van der Waals surface area (Å²) in [5.41, 5.74) is 6.68. The lowest BCUT2D eigenvalue weighted by molar-refractivity contribution is 0.103. The lowest BCUT2D eigenvalue weighted by Crippen LogP contribution is -2.10. The van der Waals surface area contributed by atoms with Crippen molar-refractivity contribution in [3.8, 4) is 11.4 Å². The van der Waals surface area contributed by atoms with Gasteiger partial charge >= 0.3 is 0 Å². The fourth-order valence-corrected chi connectivity index (χ4v) is 4.14. The maximum Gasteiger partial charge on any atom is 0.210 e. The van der Waals surface area contributed by atoms with Gasteiger partial charge in [0.15, 0.2) is 0 Å². The van der Waals surface area contributed by atoms with Crippen LogP contribution >= 0.6 is 0 Å². The molecule has 0 bridgehead atoms. The summed E-state index contributed by atoms with van der Waals surface area (Å²) >= 11 is 0. The number of aryl methyl sites for hydroxylation is 3. The van der Waals surface area contributed by atoms with Gasteiger partial charge in [-0.1, -0.05) is 42.0 Å². The molecule has 5 rings (SSSR count). The number of phenolic OH excluding ortho intramolecular Hbond substituents is 1. The zero-order chi connectivity index (χ0) is 18.5. The highest BCUT2D eigenvalue weighted by atomic mass is 16.3. The average Bonchev–Trinajstić information content (AvgIpc) is 2.92. The summed E-state index contributed by atoms with van der Waals surface area (Å²) in [6, 6.07) is 21.4. The highest BCUT2D eigenvalue weighted by Crippen LogP contribution is 2.36. The molecule has 0 amide bonds. The molecule has 0 unspecified atom stereocenters. The molecule has 3 heteroatoms. The molecule has 1 N–H and O–H groups in total. The Balaban J connectivity index is 1.88. The molecule has 1 aliphatic carbocycles. The number of nitrogens with zero attached hydrogens (tertiary/aromatic N) is 1. The van der Waals surface area contributed by atoms with Crippen molar-refractivity contribution < 1.29 is 9.90 Å². The van der Waals surface area contributed by atoms with Crippen LogP contribution in [0.15, 0.2) is 66.7 Å². The maximum absolute atomic E-state index is 13.6. The highest BCUT2D eigenvalue weighted by molar-refractivity contribution is 6.14. The largest absolute Gasteiger partial charge is 0.508 e. The maximum atomic E-state index is 13.6. The summed E-state index contributed by atoms with van der Waals surface area (Å²) < 4.78 is 2.05.